The third-order valence-electron chi connectivity index (χ3n) is 4.52. The maximum Gasteiger partial charge on any atom is 0.243 e. The van der Waals surface area contributed by atoms with Gasteiger partial charge in [-0.25, -0.2) is 13.4 Å². The van der Waals surface area contributed by atoms with Crippen LogP contribution in [0, 0.1) is 6.92 Å². The van der Waals surface area contributed by atoms with Crippen molar-refractivity contribution < 1.29 is 13.2 Å². The summed E-state index contributed by atoms with van der Waals surface area (Å²) in [6, 6.07) is 10.6. The Morgan fingerprint density at radius 3 is 2.56 bits per heavy atom. The SMILES string of the molecule is CCOc1ccc([C@H]2CCCCN2S(=O)(=O)c2ccc(C)cc2)cn1. The smallest absolute Gasteiger partial charge is 0.243 e. The van der Waals surface area contributed by atoms with Crippen molar-refractivity contribution in [2.45, 2.75) is 44.0 Å². The van der Waals surface area contributed by atoms with Crippen molar-refractivity contribution in [3.63, 3.8) is 0 Å². The molecule has 1 aromatic carbocycles. The van der Waals surface area contributed by atoms with Gasteiger partial charge in [0.2, 0.25) is 15.9 Å². The van der Waals surface area contributed by atoms with Crippen LogP contribution in [0.3, 0.4) is 0 Å². The Morgan fingerprint density at radius 1 is 1.16 bits per heavy atom. The van der Waals surface area contributed by atoms with Crippen LogP contribution in [0.25, 0.3) is 0 Å². The maximum atomic E-state index is 13.1. The number of hydrogen-bond donors (Lipinski definition) is 0. The van der Waals surface area contributed by atoms with Crippen LogP contribution in [-0.4, -0.2) is 30.9 Å². The standard InChI is InChI=1S/C19H24N2O3S/c1-3-24-19-12-9-16(14-20-19)18-6-4-5-13-21(18)25(22,23)17-10-7-15(2)8-11-17/h7-12,14,18H,3-6,13H2,1-2H3/t18-/m1/s1. The first kappa shape index (κ1) is 17.9. The van der Waals surface area contributed by atoms with Crippen LogP contribution in [0.1, 0.15) is 43.4 Å². The van der Waals surface area contributed by atoms with Crippen LogP contribution < -0.4 is 4.74 Å². The maximum absolute atomic E-state index is 13.1. The minimum atomic E-state index is -3.52. The molecular formula is C19H24N2O3S. The second kappa shape index (κ2) is 7.54. The molecule has 1 aliphatic heterocycles. The molecule has 1 fully saturated rings. The lowest BCUT2D eigenvalue weighted by Crippen LogP contribution is -2.38. The molecule has 3 rings (SSSR count). The minimum Gasteiger partial charge on any atom is -0.478 e. The zero-order valence-corrected chi connectivity index (χ0v) is 15.5. The summed E-state index contributed by atoms with van der Waals surface area (Å²) in [5.41, 5.74) is 1.96. The molecule has 0 unspecified atom stereocenters. The Bertz CT molecular complexity index is 802. The molecule has 0 N–H and O–H groups in total. The highest BCUT2D eigenvalue weighted by Gasteiger charge is 2.34. The summed E-state index contributed by atoms with van der Waals surface area (Å²) in [4.78, 5) is 4.65. The molecule has 2 aromatic rings. The number of pyridine rings is 1. The van der Waals surface area contributed by atoms with E-state index < -0.39 is 10.0 Å². The van der Waals surface area contributed by atoms with Gasteiger partial charge in [-0.1, -0.05) is 30.2 Å². The molecule has 0 saturated carbocycles. The summed E-state index contributed by atoms with van der Waals surface area (Å²) in [5.74, 6) is 0.565. The molecule has 1 atom stereocenters. The minimum absolute atomic E-state index is 0.178. The van der Waals surface area contributed by atoms with Gasteiger partial charge in [-0.2, -0.15) is 4.31 Å². The molecule has 0 amide bonds. The van der Waals surface area contributed by atoms with E-state index in [1.54, 1.807) is 22.6 Å². The van der Waals surface area contributed by atoms with Gasteiger partial charge in [0.15, 0.2) is 0 Å². The van der Waals surface area contributed by atoms with E-state index >= 15 is 0 Å². The Kier molecular flexibility index (Phi) is 5.39. The first-order valence-corrected chi connectivity index (χ1v) is 10.1. The summed E-state index contributed by atoms with van der Waals surface area (Å²) in [6.45, 7) is 4.95. The predicted octanol–water partition coefficient (Wildman–Crippen LogP) is 3.70. The molecule has 1 aromatic heterocycles. The highest BCUT2D eigenvalue weighted by molar-refractivity contribution is 7.89. The molecule has 25 heavy (non-hydrogen) atoms. The number of aryl methyl sites for hydroxylation is 1. The summed E-state index contributed by atoms with van der Waals surface area (Å²) < 4.78 is 33.3. The van der Waals surface area contributed by atoms with E-state index in [9.17, 15) is 8.42 Å². The molecular weight excluding hydrogens is 336 g/mol. The Morgan fingerprint density at radius 2 is 1.92 bits per heavy atom. The van der Waals surface area contributed by atoms with E-state index in [4.69, 9.17) is 4.74 Å². The first-order valence-electron chi connectivity index (χ1n) is 8.69. The number of hydrogen-bond acceptors (Lipinski definition) is 4. The molecule has 0 bridgehead atoms. The predicted molar refractivity (Wildman–Crippen MR) is 97.1 cm³/mol. The van der Waals surface area contributed by atoms with Gasteiger partial charge in [0.05, 0.1) is 17.5 Å². The second-order valence-corrected chi connectivity index (χ2v) is 8.19. The zero-order chi connectivity index (χ0) is 17.9. The highest BCUT2D eigenvalue weighted by atomic mass is 32.2. The van der Waals surface area contributed by atoms with Gasteiger partial charge >= 0.3 is 0 Å². The molecule has 0 radical (unpaired) electrons. The van der Waals surface area contributed by atoms with Crippen LogP contribution in [-0.2, 0) is 10.0 Å². The normalized spacial score (nSPS) is 18.9. The summed E-state index contributed by atoms with van der Waals surface area (Å²) >= 11 is 0. The fraction of sp³-hybridized carbons (Fsp3) is 0.421. The summed E-state index contributed by atoms with van der Waals surface area (Å²) in [5, 5.41) is 0. The van der Waals surface area contributed by atoms with E-state index in [2.05, 4.69) is 4.98 Å². The molecule has 2 heterocycles. The van der Waals surface area contributed by atoms with Crippen LogP contribution in [0.15, 0.2) is 47.5 Å². The van der Waals surface area contributed by atoms with Crippen molar-refractivity contribution in [3.05, 3.63) is 53.7 Å². The van der Waals surface area contributed by atoms with Crippen molar-refractivity contribution in [2.75, 3.05) is 13.2 Å². The van der Waals surface area contributed by atoms with E-state index in [1.165, 1.54) is 0 Å². The molecule has 0 spiro atoms. The van der Waals surface area contributed by atoms with Gasteiger partial charge in [-0.05, 0) is 44.4 Å². The van der Waals surface area contributed by atoms with E-state index in [0.717, 1.165) is 30.4 Å². The number of rotatable bonds is 5. The lowest BCUT2D eigenvalue weighted by Gasteiger charge is -2.34. The van der Waals surface area contributed by atoms with Gasteiger partial charge < -0.3 is 4.74 Å². The Balaban J connectivity index is 1.91. The number of ether oxygens (including phenoxy) is 1. The first-order chi connectivity index (χ1) is 12.0. The molecule has 5 nitrogen and oxygen atoms in total. The van der Waals surface area contributed by atoms with Crippen molar-refractivity contribution in [1.29, 1.82) is 0 Å². The van der Waals surface area contributed by atoms with Gasteiger partial charge in [-0.3, -0.25) is 0 Å². The Hall–Kier alpha value is -1.92. The number of nitrogens with zero attached hydrogens (tertiary/aromatic N) is 2. The van der Waals surface area contributed by atoms with Crippen LogP contribution in [0.2, 0.25) is 0 Å². The Labute approximate surface area is 149 Å². The molecule has 1 saturated heterocycles. The molecule has 0 aliphatic carbocycles. The van der Waals surface area contributed by atoms with Gasteiger partial charge in [0.25, 0.3) is 0 Å². The largest absolute Gasteiger partial charge is 0.478 e. The van der Waals surface area contributed by atoms with Crippen LogP contribution in [0.5, 0.6) is 5.88 Å². The van der Waals surface area contributed by atoms with E-state index in [-0.39, 0.29) is 6.04 Å². The highest BCUT2D eigenvalue weighted by Crippen LogP contribution is 2.35. The molecule has 6 heteroatoms. The van der Waals surface area contributed by atoms with Crippen LogP contribution >= 0.6 is 0 Å². The molecule has 134 valence electrons. The lowest BCUT2D eigenvalue weighted by molar-refractivity contribution is 0.255. The number of sulfonamides is 1. The van der Waals surface area contributed by atoms with Gasteiger partial charge in [0.1, 0.15) is 0 Å². The van der Waals surface area contributed by atoms with Crippen molar-refractivity contribution in [3.8, 4) is 5.88 Å². The molecule has 1 aliphatic rings. The fourth-order valence-electron chi connectivity index (χ4n) is 3.19. The zero-order valence-electron chi connectivity index (χ0n) is 14.7. The quantitative estimate of drug-likeness (QED) is 0.816. The monoisotopic (exact) mass is 360 g/mol. The topological polar surface area (TPSA) is 59.5 Å². The average Bonchev–Trinajstić information content (AvgIpc) is 2.63. The van der Waals surface area contributed by atoms with E-state index in [0.29, 0.717) is 23.9 Å². The van der Waals surface area contributed by atoms with Crippen molar-refractivity contribution in [1.82, 2.24) is 9.29 Å². The van der Waals surface area contributed by atoms with Crippen molar-refractivity contribution in [2.24, 2.45) is 0 Å². The third-order valence-corrected chi connectivity index (χ3v) is 6.44. The number of piperidine rings is 1. The fourth-order valence-corrected chi connectivity index (χ4v) is 4.88. The number of benzene rings is 1. The second-order valence-electron chi connectivity index (χ2n) is 6.30. The van der Waals surface area contributed by atoms with Gasteiger partial charge in [-0.15, -0.1) is 0 Å². The van der Waals surface area contributed by atoms with E-state index in [1.807, 2.05) is 38.1 Å². The summed E-state index contributed by atoms with van der Waals surface area (Å²) in [6.07, 6.45) is 4.43. The van der Waals surface area contributed by atoms with Crippen LogP contribution in [0.4, 0.5) is 0 Å². The third kappa shape index (κ3) is 3.85. The lowest BCUT2D eigenvalue weighted by atomic mass is 9.99. The van der Waals surface area contributed by atoms with Gasteiger partial charge in [0, 0.05) is 18.8 Å². The average molecular weight is 360 g/mol. The summed E-state index contributed by atoms with van der Waals surface area (Å²) in [7, 11) is -3.52. The van der Waals surface area contributed by atoms with Crippen molar-refractivity contribution >= 4 is 10.0 Å². The number of aromatic nitrogens is 1.